The summed E-state index contributed by atoms with van der Waals surface area (Å²) in [5.41, 5.74) is -0.787. The lowest BCUT2D eigenvalue weighted by molar-refractivity contribution is -0.124. The van der Waals surface area contributed by atoms with Crippen molar-refractivity contribution < 1.29 is 15.0 Å². The summed E-state index contributed by atoms with van der Waals surface area (Å²) < 4.78 is 0. The zero-order valence-electron chi connectivity index (χ0n) is 12.0. The van der Waals surface area contributed by atoms with Crippen LogP contribution in [0.1, 0.15) is 47.0 Å². The molecule has 0 rings (SSSR count). The molecule has 0 radical (unpaired) electrons. The predicted molar refractivity (Wildman–Crippen MR) is 72.3 cm³/mol. The van der Waals surface area contributed by atoms with Crippen molar-refractivity contribution in [3.63, 3.8) is 0 Å². The molecule has 0 aromatic heterocycles. The Morgan fingerprint density at radius 3 is 2.17 bits per heavy atom. The maximum atomic E-state index is 11.9. The van der Waals surface area contributed by atoms with E-state index < -0.39 is 11.6 Å². The number of rotatable bonds is 9. The Hall–Kier alpha value is -0.650. The molecule has 0 aromatic rings. The highest BCUT2D eigenvalue weighted by Crippen LogP contribution is 2.09. The van der Waals surface area contributed by atoms with Crippen molar-refractivity contribution in [2.45, 2.75) is 64.6 Å². The van der Waals surface area contributed by atoms with Crippen LogP contribution in [0.25, 0.3) is 0 Å². The van der Waals surface area contributed by atoms with Crippen LogP contribution in [-0.4, -0.2) is 47.0 Å². The molecule has 1 amide bonds. The number of hydrogen-bond donors (Lipinski definition) is 4. The quantitative estimate of drug-likeness (QED) is 0.484. The van der Waals surface area contributed by atoms with Gasteiger partial charge in [0.2, 0.25) is 5.91 Å². The van der Waals surface area contributed by atoms with Crippen LogP contribution >= 0.6 is 0 Å². The fraction of sp³-hybridized carbons (Fsp3) is 0.923. The highest BCUT2D eigenvalue weighted by Gasteiger charge is 2.30. The number of carbonyl (C=O) groups is 1. The number of aliphatic hydroxyl groups is 2. The Balaban J connectivity index is 4.37. The van der Waals surface area contributed by atoms with Crippen molar-refractivity contribution >= 4 is 5.91 Å². The third-order valence-electron chi connectivity index (χ3n) is 3.31. The minimum absolute atomic E-state index is 0.101. The molecule has 0 aliphatic carbocycles. The SMILES string of the molecule is CCCC(C)NC(=O)C(C)NC(CC)(CO)CO. The third-order valence-corrected chi connectivity index (χ3v) is 3.31. The summed E-state index contributed by atoms with van der Waals surface area (Å²) in [5, 5.41) is 24.6. The average Bonchev–Trinajstić information content (AvgIpc) is 2.36. The molecule has 108 valence electrons. The van der Waals surface area contributed by atoms with Gasteiger partial charge in [-0.15, -0.1) is 0 Å². The van der Waals surface area contributed by atoms with Gasteiger partial charge in [0.1, 0.15) is 0 Å². The van der Waals surface area contributed by atoms with Gasteiger partial charge in [0.25, 0.3) is 0 Å². The second-order valence-corrected chi connectivity index (χ2v) is 5.01. The molecular weight excluding hydrogens is 232 g/mol. The molecule has 4 N–H and O–H groups in total. The van der Waals surface area contributed by atoms with Crippen LogP contribution in [0, 0.1) is 0 Å². The van der Waals surface area contributed by atoms with Gasteiger partial charge in [0, 0.05) is 6.04 Å². The van der Waals surface area contributed by atoms with Gasteiger partial charge >= 0.3 is 0 Å². The fourth-order valence-corrected chi connectivity index (χ4v) is 1.86. The molecule has 2 atom stereocenters. The zero-order valence-corrected chi connectivity index (χ0v) is 12.0. The second kappa shape index (κ2) is 8.45. The van der Waals surface area contributed by atoms with Gasteiger partial charge in [0.15, 0.2) is 0 Å². The van der Waals surface area contributed by atoms with E-state index in [-0.39, 0.29) is 25.2 Å². The lowest BCUT2D eigenvalue weighted by Gasteiger charge is -2.33. The van der Waals surface area contributed by atoms with E-state index in [0.29, 0.717) is 6.42 Å². The molecule has 5 nitrogen and oxygen atoms in total. The number of carbonyl (C=O) groups excluding carboxylic acids is 1. The number of aliphatic hydroxyl groups excluding tert-OH is 2. The molecule has 0 aliphatic rings. The summed E-state index contributed by atoms with van der Waals surface area (Å²) in [6.07, 6.45) is 2.52. The van der Waals surface area contributed by atoms with E-state index in [1.54, 1.807) is 6.92 Å². The Morgan fingerprint density at radius 1 is 1.22 bits per heavy atom. The van der Waals surface area contributed by atoms with E-state index in [4.69, 9.17) is 0 Å². The van der Waals surface area contributed by atoms with Crippen LogP contribution in [0.3, 0.4) is 0 Å². The highest BCUT2D eigenvalue weighted by atomic mass is 16.3. The van der Waals surface area contributed by atoms with Gasteiger partial charge in [-0.1, -0.05) is 20.3 Å². The summed E-state index contributed by atoms with van der Waals surface area (Å²) in [5.74, 6) is -0.101. The number of amides is 1. The van der Waals surface area contributed by atoms with E-state index in [0.717, 1.165) is 12.8 Å². The second-order valence-electron chi connectivity index (χ2n) is 5.01. The molecule has 0 heterocycles. The van der Waals surface area contributed by atoms with Crippen molar-refractivity contribution in [1.82, 2.24) is 10.6 Å². The summed E-state index contributed by atoms with van der Waals surface area (Å²) in [6, 6.07) is -0.297. The van der Waals surface area contributed by atoms with E-state index >= 15 is 0 Å². The first-order chi connectivity index (χ1) is 8.44. The Labute approximate surface area is 110 Å². The van der Waals surface area contributed by atoms with Gasteiger partial charge in [0.05, 0.1) is 24.8 Å². The summed E-state index contributed by atoms with van der Waals surface area (Å²) in [4.78, 5) is 11.9. The molecule has 0 aliphatic heterocycles. The summed E-state index contributed by atoms with van der Waals surface area (Å²) >= 11 is 0. The average molecular weight is 260 g/mol. The van der Waals surface area contributed by atoms with Crippen LogP contribution in [-0.2, 0) is 4.79 Å². The molecule has 0 fully saturated rings. The highest BCUT2D eigenvalue weighted by molar-refractivity contribution is 5.81. The molecule has 0 bridgehead atoms. The molecule has 0 aromatic carbocycles. The van der Waals surface area contributed by atoms with E-state index in [1.807, 2.05) is 13.8 Å². The first-order valence-electron chi connectivity index (χ1n) is 6.74. The first kappa shape index (κ1) is 17.4. The van der Waals surface area contributed by atoms with Crippen molar-refractivity contribution in [3.8, 4) is 0 Å². The topological polar surface area (TPSA) is 81.6 Å². The largest absolute Gasteiger partial charge is 0.394 e. The van der Waals surface area contributed by atoms with Gasteiger partial charge in [-0.05, 0) is 26.7 Å². The van der Waals surface area contributed by atoms with Crippen molar-refractivity contribution in [3.05, 3.63) is 0 Å². The van der Waals surface area contributed by atoms with Crippen LogP contribution < -0.4 is 10.6 Å². The van der Waals surface area contributed by atoms with Gasteiger partial charge in [-0.3, -0.25) is 10.1 Å². The third kappa shape index (κ3) is 5.33. The van der Waals surface area contributed by atoms with Gasteiger partial charge in [-0.2, -0.15) is 0 Å². The molecular formula is C13H28N2O3. The standard InChI is InChI=1S/C13H28N2O3/c1-5-7-10(3)14-12(18)11(4)15-13(6-2,8-16)9-17/h10-11,15-17H,5-9H2,1-4H3,(H,14,18). The van der Waals surface area contributed by atoms with Crippen LogP contribution in [0.15, 0.2) is 0 Å². The fourth-order valence-electron chi connectivity index (χ4n) is 1.86. The van der Waals surface area contributed by atoms with Crippen LogP contribution in [0.4, 0.5) is 0 Å². The van der Waals surface area contributed by atoms with Crippen LogP contribution in [0.2, 0.25) is 0 Å². The first-order valence-corrected chi connectivity index (χ1v) is 6.74. The van der Waals surface area contributed by atoms with Crippen molar-refractivity contribution in [1.29, 1.82) is 0 Å². The number of nitrogens with one attached hydrogen (secondary N) is 2. The molecule has 18 heavy (non-hydrogen) atoms. The molecule has 2 unspecified atom stereocenters. The molecule has 0 saturated carbocycles. The maximum absolute atomic E-state index is 11.9. The molecule has 5 heteroatoms. The lowest BCUT2D eigenvalue weighted by atomic mass is 9.97. The summed E-state index contributed by atoms with van der Waals surface area (Å²) in [6.45, 7) is 7.26. The van der Waals surface area contributed by atoms with Crippen molar-refractivity contribution in [2.24, 2.45) is 0 Å². The maximum Gasteiger partial charge on any atom is 0.237 e. The minimum atomic E-state index is -0.787. The van der Waals surface area contributed by atoms with Crippen LogP contribution in [0.5, 0.6) is 0 Å². The monoisotopic (exact) mass is 260 g/mol. The lowest BCUT2D eigenvalue weighted by Crippen LogP contribution is -2.59. The van der Waals surface area contributed by atoms with E-state index in [2.05, 4.69) is 17.6 Å². The van der Waals surface area contributed by atoms with Gasteiger partial charge in [-0.25, -0.2) is 0 Å². The Bertz CT molecular complexity index is 234. The zero-order chi connectivity index (χ0) is 14.2. The predicted octanol–water partition coefficient (Wildman–Crippen LogP) is 0.403. The Morgan fingerprint density at radius 2 is 1.78 bits per heavy atom. The minimum Gasteiger partial charge on any atom is -0.394 e. The summed E-state index contributed by atoms with van der Waals surface area (Å²) in [7, 11) is 0. The molecule has 0 spiro atoms. The van der Waals surface area contributed by atoms with E-state index in [9.17, 15) is 15.0 Å². The molecule has 0 saturated heterocycles. The van der Waals surface area contributed by atoms with E-state index in [1.165, 1.54) is 0 Å². The smallest absolute Gasteiger partial charge is 0.237 e. The van der Waals surface area contributed by atoms with Gasteiger partial charge < -0.3 is 15.5 Å². The number of hydrogen-bond acceptors (Lipinski definition) is 4. The van der Waals surface area contributed by atoms with Crippen molar-refractivity contribution in [2.75, 3.05) is 13.2 Å². The Kier molecular flexibility index (Phi) is 8.15. The normalized spacial score (nSPS) is 15.2.